The number of benzene rings is 1. The maximum Gasteiger partial charge on any atom is 0.416 e. The number of nitrogens with one attached hydrogen (secondary N) is 1. The van der Waals surface area contributed by atoms with Gasteiger partial charge in [-0.3, -0.25) is 0 Å². The van der Waals surface area contributed by atoms with Crippen molar-refractivity contribution in [1.82, 2.24) is 5.32 Å². The van der Waals surface area contributed by atoms with Gasteiger partial charge in [0.15, 0.2) is 0 Å². The first-order valence-electron chi connectivity index (χ1n) is 6.53. The number of alkyl halides is 3. The molecule has 0 amide bonds. The summed E-state index contributed by atoms with van der Waals surface area (Å²) >= 11 is 0. The zero-order chi connectivity index (χ0) is 15.3. The number of aliphatic hydroxyl groups excluding tert-OH is 1. The number of hydrogen-bond acceptors (Lipinski definition) is 3. The van der Waals surface area contributed by atoms with Crippen molar-refractivity contribution in [3.8, 4) is 0 Å². The molecule has 0 heterocycles. The van der Waals surface area contributed by atoms with Crippen molar-refractivity contribution in [2.75, 3.05) is 13.2 Å². The first-order chi connectivity index (χ1) is 9.29. The predicted octanol–water partition coefficient (Wildman–Crippen LogP) is 2.31. The standard InChI is InChI=1S/C14H21F3N2O/c1-9(8-20)10(2)19-13(7-18)11-4-3-5-12(6-11)14(15,16)17/h3-6,9-10,13,19-20H,7-8,18H2,1-2H3. The third-order valence-electron chi connectivity index (χ3n) is 3.46. The van der Waals surface area contributed by atoms with Crippen LogP contribution in [0.5, 0.6) is 0 Å². The highest BCUT2D eigenvalue weighted by Gasteiger charge is 2.31. The Morgan fingerprint density at radius 1 is 1.30 bits per heavy atom. The fourth-order valence-corrected chi connectivity index (χ4v) is 1.87. The predicted molar refractivity (Wildman–Crippen MR) is 72.1 cm³/mol. The summed E-state index contributed by atoms with van der Waals surface area (Å²) in [4.78, 5) is 0. The zero-order valence-electron chi connectivity index (χ0n) is 11.6. The average Bonchev–Trinajstić information content (AvgIpc) is 2.42. The number of rotatable bonds is 6. The number of aliphatic hydroxyl groups is 1. The van der Waals surface area contributed by atoms with Crippen LogP contribution in [0.15, 0.2) is 24.3 Å². The molecule has 20 heavy (non-hydrogen) atoms. The van der Waals surface area contributed by atoms with Crippen molar-refractivity contribution in [2.24, 2.45) is 11.7 Å². The summed E-state index contributed by atoms with van der Waals surface area (Å²) in [5, 5.41) is 12.3. The van der Waals surface area contributed by atoms with E-state index in [9.17, 15) is 13.2 Å². The number of hydrogen-bond donors (Lipinski definition) is 3. The lowest BCUT2D eigenvalue weighted by Gasteiger charge is -2.26. The van der Waals surface area contributed by atoms with E-state index in [4.69, 9.17) is 10.8 Å². The van der Waals surface area contributed by atoms with Crippen LogP contribution in [0.4, 0.5) is 13.2 Å². The summed E-state index contributed by atoms with van der Waals surface area (Å²) in [6.07, 6.45) is -4.36. The van der Waals surface area contributed by atoms with Crippen molar-refractivity contribution in [1.29, 1.82) is 0 Å². The van der Waals surface area contributed by atoms with Crippen molar-refractivity contribution in [3.63, 3.8) is 0 Å². The molecule has 3 nitrogen and oxygen atoms in total. The first kappa shape index (κ1) is 16.9. The summed E-state index contributed by atoms with van der Waals surface area (Å²) < 4.78 is 38.1. The molecule has 1 aromatic rings. The highest BCUT2D eigenvalue weighted by molar-refractivity contribution is 5.28. The minimum Gasteiger partial charge on any atom is -0.396 e. The highest BCUT2D eigenvalue weighted by atomic mass is 19.4. The van der Waals surface area contributed by atoms with Crippen LogP contribution in [0.1, 0.15) is 31.0 Å². The largest absolute Gasteiger partial charge is 0.416 e. The van der Waals surface area contributed by atoms with Crippen LogP contribution in [-0.2, 0) is 6.18 Å². The van der Waals surface area contributed by atoms with E-state index in [-0.39, 0.29) is 31.2 Å². The van der Waals surface area contributed by atoms with Gasteiger partial charge in [0.05, 0.1) is 5.56 Å². The molecule has 6 heteroatoms. The summed E-state index contributed by atoms with van der Waals surface area (Å²) in [5.41, 5.74) is 5.46. The summed E-state index contributed by atoms with van der Waals surface area (Å²) in [6.45, 7) is 3.92. The van der Waals surface area contributed by atoms with Gasteiger partial charge in [-0.2, -0.15) is 13.2 Å². The third kappa shape index (κ3) is 4.47. The minimum absolute atomic E-state index is 0.00477. The highest BCUT2D eigenvalue weighted by Crippen LogP contribution is 2.30. The molecule has 3 unspecified atom stereocenters. The number of nitrogens with two attached hydrogens (primary N) is 1. The van der Waals surface area contributed by atoms with E-state index < -0.39 is 11.7 Å². The lowest BCUT2D eigenvalue weighted by molar-refractivity contribution is -0.137. The lowest BCUT2D eigenvalue weighted by Crippen LogP contribution is -2.39. The van der Waals surface area contributed by atoms with E-state index in [1.165, 1.54) is 6.07 Å². The first-order valence-corrected chi connectivity index (χ1v) is 6.53. The molecule has 0 aliphatic carbocycles. The Bertz CT molecular complexity index is 423. The SMILES string of the molecule is CC(CO)C(C)NC(CN)c1cccc(C(F)(F)F)c1. The quantitative estimate of drug-likeness (QED) is 0.753. The molecule has 0 saturated heterocycles. The van der Waals surface area contributed by atoms with Crippen LogP contribution in [0.3, 0.4) is 0 Å². The van der Waals surface area contributed by atoms with Crippen LogP contribution in [-0.4, -0.2) is 24.3 Å². The Labute approximate surface area is 117 Å². The van der Waals surface area contributed by atoms with Gasteiger partial charge >= 0.3 is 6.18 Å². The number of halogens is 3. The van der Waals surface area contributed by atoms with Gasteiger partial charge in [0.2, 0.25) is 0 Å². The van der Waals surface area contributed by atoms with E-state index in [0.29, 0.717) is 5.56 Å². The smallest absolute Gasteiger partial charge is 0.396 e. The molecule has 0 radical (unpaired) electrons. The molecule has 0 saturated carbocycles. The second-order valence-corrected chi connectivity index (χ2v) is 5.03. The van der Waals surface area contributed by atoms with Gasteiger partial charge in [0, 0.05) is 25.2 Å². The monoisotopic (exact) mass is 290 g/mol. The molecule has 114 valence electrons. The van der Waals surface area contributed by atoms with E-state index in [2.05, 4.69) is 5.32 Å². The summed E-state index contributed by atoms with van der Waals surface area (Å²) in [6, 6.07) is 4.72. The average molecular weight is 290 g/mol. The van der Waals surface area contributed by atoms with Crippen molar-refractivity contribution in [3.05, 3.63) is 35.4 Å². The van der Waals surface area contributed by atoms with E-state index in [0.717, 1.165) is 12.1 Å². The topological polar surface area (TPSA) is 58.3 Å². The van der Waals surface area contributed by atoms with Gasteiger partial charge in [-0.1, -0.05) is 19.1 Å². The fourth-order valence-electron chi connectivity index (χ4n) is 1.87. The minimum atomic E-state index is -4.36. The van der Waals surface area contributed by atoms with Gasteiger partial charge in [0.25, 0.3) is 0 Å². The molecule has 0 aromatic heterocycles. The molecule has 1 aromatic carbocycles. The van der Waals surface area contributed by atoms with Gasteiger partial charge in [0.1, 0.15) is 0 Å². The molecule has 0 fully saturated rings. The van der Waals surface area contributed by atoms with Crippen LogP contribution in [0.2, 0.25) is 0 Å². The van der Waals surface area contributed by atoms with Crippen LogP contribution < -0.4 is 11.1 Å². The molecule has 0 aliphatic heterocycles. The Balaban J connectivity index is 2.90. The van der Waals surface area contributed by atoms with Gasteiger partial charge in [-0.05, 0) is 30.5 Å². The maximum absolute atomic E-state index is 12.7. The second kappa shape index (κ2) is 7.06. The van der Waals surface area contributed by atoms with Crippen LogP contribution in [0.25, 0.3) is 0 Å². The second-order valence-electron chi connectivity index (χ2n) is 5.03. The molecule has 1 rings (SSSR count). The fraction of sp³-hybridized carbons (Fsp3) is 0.571. The molecule has 0 spiro atoms. The third-order valence-corrected chi connectivity index (χ3v) is 3.46. The Morgan fingerprint density at radius 2 is 1.95 bits per heavy atom. The van der Waals surface area contributed by atoms with Crippen molar-refractivity contribution < 1.29 is 18.3 Å². The Kier molecular flexibility index (Phi) is 5.98. The van der Waals surface area contributed by atoms with Crippen molar-refractivity contribution in [2.45, 2.75) is 32.1 Å². The molecule has 0 bridgehead atoms. The molecule has 3 atom stereocenters. The summed E-state index contributed by atoms with van der Waals surface area (Å²) in [7, 11) is 0. The Hall–Kier alpha value is -1.11. The normalized spacial score (nSPS) is 16.8. The van der Waals surface area contributed by atoms with Crippen LogP contribution >= 0.6 is 0 Å². The van der Waals surface area contributed by atoms with Crippen LogP contribution in [0, 0.1) is 5.92 Å². The Morgan fingerprint density at radius 3 is 2.45 bits per heavy atom. The van der Waals surface area contributed by atoms with Gasteiger partial charge in [-0.15, -0.1) is 0 Å². The molecular formula is C14H21F3N2O. The molecule has 4 N–H and O–H groups in total. The maximum atomic E-state index is 12.7. The van der Waals surface area contributed by atoms with Gasteiger partial charge < -0.3 is 16.2 Å². The molecule has 0 aliphatic rings. The van der Waals surface area contributed by atoms with E-state index >= 15 is 0 Å². The van der Waals surface area contributed by atoms with E-state index in [1.807, 2.05) is 13.8 Å². The zero-order valence-corrected chi connectivity index (χ0v) is 11.6. The summed E-state index contributed by atoms with van der Waals surface area (Å²) in [5.74, 6) is -0.00477. The van der Waals surface area contributed by atoms with Gasteiger partial charge in [-0.25, -0.2) is 0 Å². The lowest BCUT2D eigenvalue weighted by atomic mass is 9.99. The van der Waals surface area contributed by atoms with Crippen molar-refractivity contribution >= 4 is 0 Å². The molecular weight excluding hydrogens is 269 g/mol. The van der Waals surface area contributed by atoms with E-state index in [1.54, 1.807) is 6.07 Å².